The van der Waals surface area contributed by atoms with Gasteiger partial charge in [0.1, 0.15) is 0 Å². The van der Waals surface area contributed by atoms with Gasteiger partial charge in [-0.05, 0) is 41.7 Å². The number of carboxylic acids is 1. The van der Waals surface area contributed by atoms with E-state index in [1.807, 2.05) is 6.07 Å². The smallest absolute Gasteiger partial charge is 0.335 e. The minimum atomic E-state index is -0.977. The van der Waals surface area contributed by atoms with E-state index in [4.69, 9.17) is 5.11 Å². The summed E-state index contributed by atoms with van der Waals surface area (Å²) < 4.78 is 0. The van der Waals surface area contributed by atoms with Crippen molar-refractivity contribution in [2.45, 2.75) is 25.2 Å². The number of aromatic carboxylic acids is 1. The molecule has 0 saturated heterocycles. The number of hydrogen-bond donors (Lipinski definition) is 2. The summed E-state index contributed by atoms with van der Waals surface area (Å²) in [6.07, 6.45) is 2.33. The molecule has 0 fully saturated rings. The van der Waals surface area contributed by atoms with Gasteiger partial charge < -0.3 is 10.4 Å². The SMILES string of the molecule is O=C(Cc1cccc(C(=O)O)c1)NCC1CCc2ccccc21. The number of aryl methyl sites for hydroxylation is 1. The van der Waals surface area contributed by atoms with Gasteiger partial charge in [-0.2, -0.15) is 0 Å². The Labute approximate surface area is 135 Å². The molecule has 1 unspecified atom stereocenters. The molecule has 4 nitrogen and oxygen atoms in total. The van der Waals surface area contributed by atoms with Crippen LogP contribution in [0.15, 0.2) is 48.5 Å². The zero-order valence-corrected chi connectivity index (χ0v) is 12.8. The van der Waals surface area contributed by atoms with Crippen molar-refractivity contribution in [2.75, 3.05) is 6.54 Å². The number of hydrogen-bond acceptors (Lipinski definition) is 2. The summed E-state index contributed by atoms with van der Waals surface area (Å²) in [6.45, 7) is 0.633. The highest BCUT2D eigenvalue weighted by atomic mass is 16.4. The maximum absolute atomic E-state index is 12.1. The van der Waals surface area contributed by atoms with Crippen LogP contribution in [0.1, 0.15) is 39.4 Å². The van der Waals surface area contributed by atoms with Crippen molar-refractivity contribution in [2.24, 2.45) is 0 Å². The Balaban J connectivity index is 1.57. The first-order valence-corrected chi connectivity index (χ1v) is 7.80. The normalized spacial score (nSPS) is 15.9. The van der Waals surface area contributed by atoms with Gasteiger partial charge in [0.05, 0.1) is 12.0 Å². The number of amides is 1. The second-order valence-electron chi connectivity index (χ2n) is 5.92. The summed E-state index contributed by atoms with van der Waals surface area (Å²) in [4.78, 5) is 23.1. The van der Waals surface area contributed by atoms with E-state index in [1.54, 1.807) is 18.2 Å². The van der Waals surface area contributed by atoms with Gasteiger partial charge in [0, 0.05) is 12.5 Å². The second kappa shape index (κ2) is 6.65. The Morgan fingerprint density at radius 1 is 1.13 bits per heavy atom. The molecule has 4 heteroatoms. The molecule has 0 spiro atoms. The Hall–Kier alpha value is -2.62. The first-order chi connectivity index (χ1) is 11.1. The fraction of sp³-hybridized carbons (Fsp3) is 0.263. The minimum Gasteiger partial charge on any atom is -0.478 e. The number of carbonyl (C=O) groups is 2. The molecule has 23 heavy (non-hydrogen) atoms. The lowest BCUT2D eigenvalue weighted by Gasteiger charge is -2.13. The predicted octanol–water partition coefficient (Wildman–Crippen LogP) is 2.77. The lowest BCUT2D eigenvalue weighted by atomic mass is 10.0. The third-order valence-electron chi connectivity index (χ3n) is 4.34. The van der Waals surface area contributed by atoms with Crippen LogP contribution >= 0.6 is 0 Å². The summed E-state index contributed by atoms with van der Waals surface area (Å²) in [5, 5.41) is 12.0. The molecule has 2 aromatic rings. The largest absolute Gasteiger partial charge is 0.478 e. The molecule has 1 aliphatic carbocycles. The Kier molecular flexibility index (Phi) is 4.42. The van der Waals surface area contributed by atoms with Crippen molar-refractivity contribution >= 4 is 11.9 Å². The van der Waals surface area contributed by atoms with Crippen molar-refractivity contribution in [3.8, 4) is 0 Å². The summed E-state index contributed by atoms with van der Waals surface area (Å²) >= 11 is 0. The summed E-state index contributed by atoms with van der Waals surface area (Å²) in [6, 6.07) is 14.9. The summed E-state index contributed by atoms with van der Waals surface area (Å²) in [5.74, 6) is -0.674. The molecule has 2 aromatic carbocycles. The molecule has 118 valence electrons. The maximum Gasteiger partial charge on any atom is 0.335 e. The molecule has 0 heterocycles. The van der Waals surface area contributed by atoms with Crippen molar-refractivity contribution in [1.82, 2.24) is 5.32 Å². The van der Waals surface area contributed by atoms with E-state index in [-0.39, 0.29) is 17.9 Å². The van der Waals surface area contributed by atoms with Crippen LogP contribution in [0.5, 0.6) is 0 Å². The molecular weight excluding hydrogens is 290 g/mol. The van der Waals surface area contributed by atoms with Gasteiger partial charge >= 0.3 is 5.97 Å². The van der Waals surface area contributed by atoms with E-state index >= 15 is 0 Å². The van der Waals surface area contributed by atoms with Gasteiger partial charge in [-0.1, -0.05) is 36.4 Å². The molecular formula is C19H19NO3. The Bertz CT molecular complexity index is 739. The lowest BCUT2D eigenvalue weighted by Crippen LogP contribution is -2.29. The third-order valence-corrected chi connectivity index (χ3v) is 4.34. The van der Waals surface area contributed by atoms with Crippen molar-refractivity contribution in [1.29, 1.82) is 0 Å². The van der Waals surface area contributed by atoms with Crippen molar-refractivity contribution in [3.05, 3.63) is 70.8 Å². The van der Waals surface area contributed by atoms with E-state index in [1.165, 1.54) is 17.2 Å². The molecule has 0 aliphatic heterocycles. The number of fused-ring (bicyclic) bond motifs is 1. The fourth-order valence-electron chi connectivity index (χ4n) is 3.16. The number of carboxylic acid groups (broad SMARTS) is 1. The highest BCUT2D eigenvalue weighted by Gasteiger charge is 2.22. The number of nitrogens with one attached hydrogen (secondary N) is 1. The summed E-state index contributed by atoms with van der Waals surface area (Å²) in [7, 11) is 0. The quantitative estimate of drug-likeness (QED) is 0.892. The number of carbonyl (C=O) groups excluding carboxylic acids is 1. The zero-order chi connectivity index (χ0) is 16.2. The Morgan fingerprint density at radius 3 is 2.78 bits per heavy atom. The molecule has 0 saturated carbocycles. The van der Waals surface area contributed by atoms with Gasteiger partial charge in [0.15, 0.2) is 0 Å². The average molecular weight is 309 g/mol. The van der Waals surface area contributed by atoms with Crippen LogP contribution in [-0.4, -0.2) is 23.5 Å². The Morgan fingerprint density at radius 2 is 1.96 bits per heavy atom. The zero-order valence-electron chi connectivity index (χ0n) is 12.8. The van der Waals surface area contributed by atoms with Crippen molar-refractivity contribution < 1.29 is 14.7 Å². The van der Waals surface area contributed by atoms with Crippen LogP contribution in [0.4, 0.5) is 0 Å². The molecule has 1 atom stereocenters. The van der Waals surface area contributed by atoms with E-state index < -0.39 is 5.97 Å². The highest BCUT2D eigenvalue weighted by molar-refractivity contribution is 5.88. The summed E-state index contributed by atoms with van der Waals surface area (Å²) in [5.41, 5.74) is 3.64. The fourth-order valence-corrected chi connectivity index (χ4v) is 3.16. The van der Waals surface area contributed by atoms with Gasteiger partial charge in [-0.3, -0.25) is 4.79 Å². The van der Waals surface area contributed by atoms with Gasteiger partial charge in [-0.25, -0.2) is 4.79 Å². The monoisotopic (exact) mass is 309 g/mol. The third kappa shape index (κ3) is 3.59. The van der Waals surface area contributed by atoms with Crippen LogP contribution in [0.25, 0.3) is 0 Å². The van der Waals surface area contributed by atoms with Gasteiger partial charge in [0.25, 0.3) is 0 Å². The molecule has 2 N–H and O–H groups in total. The van der Waals surface area contributed by atoms with Crippen LogP contribution in [0.2, 0.25) is 0 Å². The lowest BCUT2D eigenvalue weighted by molar-refractivity contribution is -0.120. The van der Waals surface area contributed by atoms with E-state index in [0.29, 0.717) is 18.0 Å². The molecule has 1 amide bonds. The van der Waals surface area contributed by atoms with Crippen LogP contribution in [0, 0.1) is 0 Å². The standard InChI is InChI=1S/C19H19NO3/c21-18(11-13-4-3-6-15(10-13)19(22)23)20-12-16-9-8-14-5-1-2-7-17(14)16/h1-7,10,16H,8-9,11-12H2,(H,20,21)(H,22,23). The number of rotatable bonds is 5. The van der Waals surface area contributed by atoms with E-state index in [2.05, 4.69) is 23.5 Å². The van der Waals surface area contributed by atoms with E-state index in [0.717, 1.165) is 12.8 Å². The maximum atomic E-state index is 12.1. The second-order valence-corrected chi connectivity index (χ2v) is 5.92. The predicted molar refractivity (Wildman–Crippen MR) is 87.6 cm³/mol. The van der Waals surface area contributed by atoms with E-state index in [9.17, 15) is 9.59 Å². The molecule has 0 bridgehead atoms. The first kappa shape index (κ1) is 15.3. The van der Waals surface area contributed by atoms with Crippen LogP contribution in [0.3, 0.4) is 0 Å². The number of benzene rings is 2. The highest BCUT2D eigenvalue weighted by Crippen LogP contribution is 2.32. The molecule has 3 rings (SSSR count). The van der Waals surface area contributed by atoms with Crippen LogP contribution < -0.4 is 5.32 Å². The van der Waals surface area contributed by atoms with Gasteiger partial charge in [-0.15, -0.1) is 0 Å². The molecule has 1 aliphatic rings. The average Bonchev–Trinajstić information content (AvgIpc) is 2.96. The minimum absolute atomic E-state index is 0.0723. The molecule has 0 aromatic heterocycles. The van der Waals surface area contributed by atoms with Crippen LogP contribution in [-0.2, 0) is 17.6 Å². The van der Waals surface area contributed by atoms with Crippen molar-refractivity contribution in [3.63, 3.8) is 0 Å². The first-order valence-electron chi connectivity index (χ1n) is 7.80. The topological polar surface area (TPSA) is 66.4 Å². The molecule has 0 radical (unpaired) electrons. The van der Waals surface area contributed by atoms with Gasteiger partial charge in [0.2, 0.25) is 5.91 Å².